The number of amides is 2. The van der Waals surface area contributed by atoms with Crippen molar-refractivity contribution in [2.24, 2.45) is 0 Å². The maximum Gasteiger partial charge on any atom is 0.277 e. The number of nitrogens with one attached hydrogen (secondary N) is 1. The van der Waals surface area contributed by atoms with E-state index in [1.54, 1.807) is 0 Å². The first-order valence-electron chi connectivity index (χ1n) is 9.21. The van der Waals surface area contributed by atoms with Crippen molar-refractivity contribution >= 4 is 23.1 Å². The molecule has 2 aromatic carbocycles. The Morgan fingerprint density at radius 3 is 2.19 bits per heavy atom. The first-order chi connectivity index (χ1) is 13.0. The first-order valence-corrected chi connectivity index (χ1v) is 9.21. The fraction of sp³-hybridized carbons (Fsp3) is 0.273. The van der Waals surface area contributed by atoms with Gasteiger partial charge in [0, 0.05) is 12.7 Å². The molecule has 2 amide bonds. The quantitative estimate of drug-likeness (QED) is 0.758. The minimum absolute atomic E-state index is 0.300. The second-order valence-electron chi connectivity index (χ2n) is 6.47. The van der Waals surface area contributed by atoms with Crippen molar-refractivity contribution in [1.29, 1.82) is 0 Å². The number of ether oxygens (including phenoxy) is 1. The van der Waals surface area contributed by atoms with E-state index in [9.17, 15) is 9.59 Å². The molecule has 0 fully saturated rings. The highest BCUT2D eigenvalue weighted by atomic mass is 16.5. The van der Waals surface area contributed by atoms with Gasteiger partial charge in [0.15, 0.2) is 0 Å². The number of carbonyl (C=O) groups excluding carboxylic acids is 2. The average Bonchev–Trinajstić information content (AvgIpc) is 2.91. The minimum Gasteiger partial charge on any atom is -0.494 e. The van der Waals surface area contributed by atoms with Crippen molar-refractivity contribution < 1.29 is 14.3 Å². The summed E-state index contributed by atoms with van der Waals surface area (Å²) in [5.41, 5.74) is 3.36. The van der Waals surface area contributed by atoms with Crippen molar-refractivity contribution in [3.63, 3.8) is 0 Å². The molecule has 1 heterocycles. The zero-order valence-electron chi connectivity index (χ0n) is 15.9. The lowest BCUT2D eigenvalue weighted by atomic mass is 10.0. The Bertz CT molecular complexity index is 867. The third kappa shape index (κ3) is 3.87. The summed E-state index contributed by atoms with van der Waals surface area (Å²) in [5, 5.41) is 3.14. The normalized spacial score (nSPS) is 14.1. The SMILES string of the molecule is CCCOc1ccc(C2=C(Nc3ccc(CC)cc3)C(=O)N(C)C2=O)cc1. The molecule has 2 aromatic rings. The smallest absolute Gasteiger partial charge is 0.277 e. The number of hydrogen-bond donors (Lipinski definition) is 1. The van der Waals surface area contributed by atoms with Crippen molar-refractivity contribution in [2.45, 2.75) is 26.7 Å². The maximum absolute atomic E-state index is 12.7. The van der Waals surface area contributed by atoms with Crippen molar-refractivity contribution in [3.8, 4) is 5.75 Å². The van der Waals surface area contributed by atoms with Gasteiger partial charge in [-0.1, -0.05) is 38.1 Å². The molecule has 0 spiro atoms. The number of carbonyl (C=O) groups is 2. The summed E-state index contributed by atoms with van der Waals surface area (Å²) in [5.74, 6) is 0.103. The van der Waals surface area contributed by atoms with Gasteiger partial charge in [-0.05, 0) is 48.2 Å². The second kappa shape index (κ2) is 8.08. The van der Waals surface area contributed by atoms with E-state index in [0.717, 1.165) is 29.2 Å². The van der Waals surface area contributed by atoms with Gasteiger partial charge in [0.1, 0.15) is 11.4 Å². The molecule has 0 unspecified atom stereocenters. The summed E-state index contributed by atoms with van der Waals surface area (Å²) in [4.78, 5) is 26.4. The number of benzene rings is 2. The molecule has 0 aliphatic carbocycles. The highest BCUT2D eigenvalue weighted by Gasteiger charge is 2.36. The van der Waals surface area contributed by atoms with Crippen molar-refractivity contribution in [3.05, 3.63) is 65.4 Å². The molecule has 140 valence electrons. The summed E-state index contributed by atoms with van der Waals surface area (Å²) < 4.78 is 5.59. The molecular formula is C22H24N2O3. The van der Waals surface area contributed by atoms with Gasteiger partial charge >= 0.3 is 0 Å². The fourth-order valence-corrected chi connectivity index (χ4v) is 2.93. The largest absolute Gasteiger partial charge is 0.494 e. The van der Waals surface area contributed by atoms with E-state index in [1.165, 1.54) is 12.6 Å². The average molecular weight is 364 g/mol. The Kier molecular flexibility index (Phi) is 5.60. The number of rotatable bonds is 7. The van der Waals surface area contributed by atoms with Gasteiger partial charge in [-0.2, -0.15) is 0 Å². The summed E-state index contributed by atoms with van der Waals surface area (Å²) in [7, 11) is 1.50. The van der Waals surface area contributed by atoms with Crippen LogP contribution in [0, 0.1) is 0 Å². The van der Waals surface area contributed by atoms with E-state index in [0.29, 0.717) is 23.4 Å². The molecular weight excluding hydrogens is 340 g/mol. The molecule has 1 N–H and O–H groups in total. The Hall–Kier alpha value is -3.08. The second-order valence-corrected chi connectivity index (χ2v) is 6.47. The lowest BCUT2D eigenvalue weighted by molar-refractivity contribution is -0.135. The standard InChI is InChI=1S/C22H24N2O3/c1-4-14-27-18-12-8-16(9-13-18)19-20(22(26)24(3)21(19)25)23-17-10-6-15(5-2)7-11-17/h6-13,23H,4-5,14H2,1-3H3. The molecule has 0 bridgehead atoms. The monoisotopic (exact) mass is 364 g/mol. The molecule has 5 nitrogen and oxygen atoms in total. The maximum atomic E-state index is 12.7. The summed E-state index contributed by atoms with van der Waals surface area (Å²) in [6.07, 6.45) is 1.87. The van der Waals surface area contributed by atoms with Gasteiger partial charge in [0.25, 0.3) is 11.8 Å². The predicted octanol–water partition coefficient (Wildman–Crippen LogP) is 3.86. The van der Waals surface area contributed by atoms with E-state index < -0.39 is 0 Å². The predicted molar refractivity (Wildman–Crippen MR) is 106 cm³/mol. The van der Waals surface area contributed by atoms with Crippen LogP contribution in [0.5, 0.6) is 5.75 Å². The highest BCUT2D eigenvalue weighted by molar-refractivity contribution is 6.36. The fourth-order valence-electron chi connectivity index (χ4n) is 2.93. The Morgan fingerprint density at radius 2 is 1.59 bits per heavy atom. The molecule has 0 saturated carbocycles. The van der Waals surface area contributed by atoms with E-state index >= 15 is 0 Å². The van der Waals surface area contributed by atoms with Crippen LogP contribution in [-0.2, 0) is 16.0 Å². The molecule has 5 heteroatoms. The number of anilines is 1. The molecule has 3 rings (SSSR count). The summed E-state index contributed by atoms with van der Waals surface area (Å²) >= 11 is 0. The highest BCUT2D eigenvalue weighted by Crippen LogP contribution is 2.30. The summed E-state index contributed by atoms with van der Waals surface area (Å²) in [6, 6.07) is 15.1. The summed E-state index contributed by atoms with van der Waals surface area (Å²) in [6.45, 7) is 4.77. The Morgan fingerprint density at radius 1 is 0.926 bits per heavy atom. The molecule has 0 atom stereocenters. The molecule has 1 aliphatic heterocycles. The lowest BCUT2D eigenvalue weighted by Crippen LogP contribution is -2.27. The topological polar surface area (TPSA) is 58.6 Å². The van der Waals surface area contributed by atoms with Crippen LogP contribution in [0.2, 0.25) is 0 Å². The van der Waals surface area contributed by atoms with Gasteiger partial charge in [0.05, 0.1) is 12.2 Å². The zero-order chi connectivity index (χ0) is 19.4. The van der Waals surface area contributed by atoms with Crippen LogP contribution in [0.4, 0.5) is 5.69 Å². The zero-order valence-corrected chi connectivity index (χ0v) is 15.9. The van der Waals surface area contributed by atoms with Crippen molar-refractivity contribution in [2.75, 3.05) is 19.0 Å². The number of imide groups is 1. The van der Waals surface area contributed by atoms with Gasteiger partial charge in [0.2, 0.25) is 0 Å². The van der Waals surface area contributed by atoms with E-state index in [4.69, 9.17) is 4.74 Å². The molecule has 27 heavy (non-hydrogen) atoms. The first kappa shape index (κ1) is 18.7. The van der Waals surface area contributed by atoms with Gasteiger partial charge in [-0.3, -0.25) is 14.5 Å². The van der Waals surface area contributed by atoms with Crippen LogP contribution in [-0.4, -0.2) is 30.4 Å². The van der Waals surface area contributed by atoms with E-state index in [-0.39, 0.29) is 11.8 Å². The third-order valence-electron chi connectivity index (χ3n) is 4.53. The number of nitrogens with zero attached hydrogens (tertiary/aromatic N) is 1. The van der Waals surface area contributed by atoms with E-state index in [2.05, 4.69) is 12.2 Å². The lowest BCUT2D eigenvalue weighted by Gasteiger charge is -2.10. The number of hydrogen-bond acceptors (Lipinski definition) is 4. The van der Waals surface area contributed by atoms with Gasteiger partial charge in [-0.15, -0.1) is 0 Å². The van der Waals surface area contributed by atoms with Crippen LogP contribution in [0.25, 0.3) is 5.57 Å². The van der Waals surface area contributed by atoms with Gasteiger partial charge in [-0.25, -0.2) is 0 Å². The number of likely N-dealkylation sites (N-methyl/N-ethyl adjacent to an activating group) is 1. The van der Waals surface area contributed by atoms with Crippen LogP contribution in [0.3, 0.4) is 0 Å². The van der Waals surface area contributed by atoms with Crippen LogP contribution >= 0.6 is 0 Å². The van der Waals surface area contributed by atoms with Crippen molar-refractivity contribution in [1.82, 2.24) is 4.90 Å². The van der Waals surface area contributed by atoms with Crippen LogP contribution in [0.15, 0.2) is 54.2 Å². The Balaban J connectivity index is 1.93. The Labute approximate surface area is 159 Å². The van der Waals surface area contributed by atoms with Crippen LogP contribution < -0.4 is 10.1 Å². The minimum atomic E-state index is -0.333. The van der Waals surface area contributed by atoms with E-state index in [1.807, 2.05) is 55.5 Å². The molecule has 0 radical (unpaired) electrons. The van der Waals surface area contributed by atoms with Crippen LogP contribution in [0.1, 0.15) is 31.4 Å². The van der Waals surface area contributed by atoms with Gasteiger partial charge < -0.3 is 10.1 Å². The molecule has 1 aliphatic rings. The molecule has 0 saturated heterocycles. The third-order valence-corrected chi connectivity index (χ3v) is 4.53. The number of aryl methyl sites for hydroxylation is 1. The molecule has 0 aromatic heterocycles.